The first kappa shape index (κ1) is 16.3. The third-order valence-corrected chi connectivity index (χ3v) is 4.78. The number of hydrogen-bond acceptors (Lipinski definition) is 0. The molecule has 0 bridgehead atoms. The second kappa shape index (κ2) is 9.07. The highest BCUT2D eigenvalue weighted by Crippen LogP contribution is 2.40. The molecule has 0 N–H and O–H groups in total. The van der Waals surface area contributed by atoms with Crippen molar-refractivity contribution in [3.05, 3.63) is 41.5 Å². The van der Waals surface area contributed by atoms with Gasteiger partial charge in [0.2, 0.25) is 0 Å². The first-order valence-corrected chi connectivity index (χ1v) is 9.16. The average Bonchev–Trinajstić information content (AvgIpc) is 2.87. The van der Waals surface area contributed by atoms with Gasteiger partial charge in [-0.15, -0.1) is 0 Å². The molecule has 0 amide bonds. The van der Waals surface area contributed by atoms with E-state index in [2.05, 4.69) is 44.2 Å². The minimum Gasteiger partial charge on any atom is -0.0732 e. The lowest BCUT2D eigenvalue weighted by atomic mass is 9.94. The molecular weight excluding hydrogens is 252 g/mol. The lowest BCUT2D eigenvalue weighted by molar-refractivity contribution is 0.607. The van der Waals surface area contributed by atoms with Crippen LogP contribution >= 0.6 is 0 Å². The van der Waals surface area contributed by atoms with Crippen LogP contribution in [0.4, 0.5) is 0 Å². The largest absolute Gasteiger partial charge is 0.0732 e. The molecule has 0 heterocycles. The second-order valence-electron chi connectivity index (χ2n) is 6.55. The Labute approximate surface area is 131 Å². The van der Waals surface area contributed by atoms with Crippen molar-refractivity contribution < 1.29 is 0 Å². The molecule has 0 saturated heterocycles. The monoisotopic (exact) mass is 284 g/mol. The Morgan fingerprint density at radius 3 is 2.29 bits per heavy atom. The van der Waals surface area contributed by atoms with Crippen LogP contribution in [0.2, 0.25) is 0 Å². The summed E-state index contributed by atoms with van der Waals surface area (Å²) in [6, 6.07) is 9.12. The first-order chi connectivity index (χ1) is 10.4. The van der Waals surface area contributed by atoms with Crippen LogP contribution in [0.3, 0.4) is 0 Å². The third-order valence-electron chi connectivity index (χ3n) is 4.78. The van der Waals surface area contributed by atoms with Crippen LogP contribution in [0.15, 0.2) is 30.3 Å². The molecule has 0 radical (unpaired) electrons. The number of benzene rings is 1. The van der Waals surface area contributed by atoms with Gasteiger partial charge in [-0.3, -0.25) is 0 Å². The zero-order chi connectivity index (χ0) is 14.9. The van der Waals surface area contributed by atoms with E-state index in [1.165, 1.54) is 64.2 Å². The lowest BCUT2D eigenvalue weighted by Crippen LogP contribution is -1.93. The fraction of sp³-hybridized carbons (Fsp3) is 0.619. The Balaban J connectivity index is 1.93. The molecule has 0 aromatic heterocycles. The van der Waals surface area contributed by atoms with E-state index in [-0.39, 0.29) is 0 Å². The maximum Gasteiger partial charge on any atom is 0.00300 e. The zero-order valence-corrected chi connectivity index (χ0v) is 14.0. The summed E-state index contributed by atoms with van der Waals surface area (Å²) in [5, 5.41) is 0. The molecular formula is C21H32. The maximum atomic E-state index is 2.59. The summed E-state index contributed by atoms with van der Waals surface area (Å²) < 4.78 is 0. The molecule has 1 aliphatic rings. The molecule has 21 heavy (non-hydrogen) atoms. The predicted octanol–water partition coefficient (Wildman–Crippen LogP) is 7.11. The van der Waals surface area contributed by atoms with Crippen molar-refractivity contribution in [3.8, 4) is 0 Å². The fourth-order valence-electron chi connectivity index (χ4n) is 3.53. The summed E-state index contributed by atoms with van der Waals surface area (Å²) in [7, 11) is 0. The number of unbranched alkanes of at least 4 members (excludes halogenated alkanes) is 6. The quantitative estimate of drug-likeness (QED) is 0.402. The normalized spacial score (nSPS) is 16.9. The number of hydrogen-bond donors (Lipinski definition) is 0. The number of fused-ring (bicyclic) bond motifs is 1. The van der Waals surface area contributed by atoms with Gasteiger partial charge >= 0.3 is 0 Å². The van der Waals surface area contributed by atoms with Crippen molar-refractivity contribution in [1.29, 1.82) is 0 Å². The van der Waals surface area contributed by atoms with Gasteiger partial charge in [0.15, 0.2) is 0 Å². The highest BCUT2D eigenvalue weighted by Gasteiger charge is 2.21. The molecule has 1 atom stereocenters. The highest BCUT2D eigenvalue weighted by molar-refractivity contribution is 5.74. The van der Waals surface area contributed by atoms with E-state index >= 15 is 0 Å². The van der Waals surface area contributed by atoms with Gasteiger partial charge in [-0.1, -0.05) is 89.1 Å². The van der Waals surface area contributed by atoms with E-state index in [0.717, 1.165) is 0 Å². The summed E-state index contributed by atoms with van der Waals surface area (Å²) in [4.78, 5) is 0. The van der Waals surface area contributed by atoms with E-state index in [1.54, 1.807) is 16.7 Å². The van der Waals surface area contributed by atoms with Crippen LogP contribution < -0.4 is 0 Å². The molecule has 1 aromatic carbocycles. The fourth-order valence-corrected chi connectivity index (χ4v) is 3.53. The smallest absolute Gasteiger partial charge is 0.00300 e. The molecule has 0 fully saturated rings. The van der Waals surface area contributed by atoms with Gasteiger partial charge in [0.1, 0.15) is 0 Å². The van der Waals surface area contributed by atoms with Crippen molar-refractivity contribution in [2.45, 2.75) is 84.0 Å². The molecule has 2 rings (SSSR count). The Hall–Kier alpha value is -1.04. The van der Waals surface area contributed by atoms with E-state index in [1.807, 2.05) is 0 Å². The van der Waals surface area contributed by atoms with Gasteiger partial charge in [0.25, 0.3) is 0 Å². The summed E-state index contributed by atoms with van der Waals surface area (Å²) in [6.45, 7) is 4.58. The molecule has 0 heteroatoms. The lowest BCUT2D eigenvalue weighted by Gasteiger charge is -2.10. The average molecular weight is 284 g/mol. The van der Waals surface area contributed by atoms with Crippen LogP contribution in [0.1, 0.15) is 95.1 Å². The van der Waals surface area contributed by atoms with Crippen LogP contribution in [-0.4, -0.2) is 0 Å². The SMILES string of the molecule is CCCCCCC1=CC(CCCCCC)c2ccccc21. The van der Waals surface area contributed by atoms with Crippen molar-refractivity contribution in [2.24, 2.45) is 0 Å². The molecule has 0 saturated carbocycles. The number of allylic oxidation sites excluding steroid dienone is 2. The molecule has 0 aliphatic heterocycles. The maximum absolute atomic E-state index is 2.59. The standard InChI is InChI=1S/C21H32/c1-3-5-7-9-13-18-17-19(14-10-8-6-4-2)21-16-12-11-15-20(18)21/h11-12,15-18H,3-10,13-14H2,1-2H3. The summed E-state index contributed by atoms with van der Waals surface area (Å²) >= 11 is 0. The molecule has 1 aromatic rings. The van der Waals surface area contributed by atoms with Crippen molar-refractivity contribution in [3.63, 3.8) is 0 Å². The topological polar surface area (TPSA) is 0 Å². The van der Waals surface area contributed by atoms with Crippen LogP contribution in [0.25, 0.3) is 5.57 Å². The van der Waals surface area contributed by atoms with Gasteiger partial charge in [-0.05, 0) is 36.0 Å². The Kier molecular flexibility index (Phi) is 7.06. The van der Waals surface area contributed by atoms with Gasteiger partial charge in [0, 0.05) is 5.92 Å². The Bertz CT molecular complexity index is 441. The van der Waals surface area contributed by atoms with Crippen molar-refractivity contribution >= 4 is 5.57 Å². The predicted molar refractivity (Wildman–Crippen MR) is 94.7 cm³/mol. The molecule has 0 nitrogen and oxygen atoms in total. The second-order valence-corrected chi connectivity index (χ2v) is 6.55. The van der Waals surface area contributed by atoms with E-state index < -0.39 is 0 Å². The van der Waals surface area contributed by atoms with E-state index in [0.29, 0.717) is 5.92 Å². The van der Waals surface area contributed by atoms with E-state index in [4.69, 9.17) is 0 Å². The van der Waals surface area contributed by atoms with Crippen LogP contribution in [0, 0.1) is 0 Å². The van der Waals surface area contributed by atoms with E-state index in [9.17, 15) is 0 Å². The summed E-state index contributed by atoms with van der Waals surface area (Å²) in [5.41, 5.74) is 4.77. The Morgan fingerprint density at radius 2 is 1.52 bits per heavy atom. The van der Waals surface area contributed by atoms with Gasteiger partial charge in [0.05, 0.1) is 0 Å². The van der Waals surface area contributed by atoms with Gasteiger partial charge < -0.3 is 0 Å². The molecule has 116 valence electrons. The van der Waals surface area contributed by atoms with Crippen LogP contribution in [0.5, 0.6) is 0 Å². The highest BCUT2D eigenvalue weighted by atomic mass is 14.3. The molecule has 1 unspecified atom stereocenters. The third kappa shape index (κ3) is 4.73. The van der Waals surface area contributed by atoms with Crippen molar-refractivity contribution in [1.82, 2.24) is 0 Å². The van der Waals surface area contributed by atoms with Crippen molar-refractivity contribution in [2.75, 3.05) is 0 Å². The first-order valence-electron chi connectivity index (χ1n) is 9.16. The molecule has 0 spiro atoms. The van der Waals surface area contributed by atoms with Gasteiger partial charge in [-0.25, -0.2) is 0 Å². The zero-order valence-electron chi connectivity index (χ0n) is 14.0. The van der Waals surface area contributed by atoms with Crippen LogP contribution in [-0.2, 0) is 0 Å². The number of rotatable bonds is 10. The molecule has 1 aliphatic carbocycles. The Morgan fingerprint density at radius 1 is 0.810 bits per heavy atom. The van der Waals surface area contributed by atoms with Gasteiger partial charge in [-0.2, -0.15) is 0 Å². The summed E-state index contributed by atoms with van der Waals surface area (Å²) in [6.07, 6.45) is 16.2. The minimum absolute atomic E-state index is 0.694. The summed E-state index contributed by atoms with van der Waals surface area (Å²) in [5.74, 6) is 0.694. The minimum atomic E-state index is 0.694.